The van der Waals surface area contributed by atoms with Crippen LogP contribution < -0.4 is 15.5 Å². The van der Waals surface area contributed by atoms with Crippen LogP contribution in [-0.4, -0.2) is 36.2 Å². The monoisotopic (exact) mass is 392 g/mol. The molecular formula is C18H17ClN2O6. The van der Waals surface area contributed by atoms with Gasteiger partial charge in [-0.3, -0.25) is 9.63 Å². The average molecular weight is 393 g/mol. The van der Waals surface area contributed by atoms with E-state index in [1.165, 1.54) is 25.3 Å². The van der Waals surface area contributed by atoms with E-state index in [4.69, 9.17) is 16.3 Å². The summed E-state index contributed by atoms with van der Waals surface area (Å²) in [6.45, 7) is 0. The van der Waals surface area contributed by atoms with Gasteiger partial charge in [-0.25, -0.2) is 9.59 Å². The van der Waals surface area contributed by atoms with Gasteiger partial charge in [-0.1, -0.05) is 35.9 Å². The van der Waals surface area contributed by atoms with Crippen molar-refractivity contribution in [1.82, 2.24) is 10.8 Å². The fourth-order valence-corrected chi connectivity index (χ4v) is 2.44. The normalized spacial score (nSPS) is 11.3. The van der Waals surface area contributed by atoms with E-state index in [2.05, 4.69) is 10.2 Å². The number of halogens is 1. The van der Waals surface area contributed by atoms with E-state index in [1.807, 2.05) is 5.48 Å². The van der Waals surface area contributed by atoms with Crippen molar-refractivity contribution in [1.29, 1.82) is 0 Å². The third kappa shape index (κ3) is 5.98. The van der Waals surface area contributed by atoms with Crippen LogP contribution in [0.1, 0.15) is 15.9 Å². The van der Waals surface area contributed by atoms with E-state index in [0.29, 0.717) is 5.56 Å². The molecule has 0 saturated heterocycles. The molecule has 1 atom stereocenters. The highest BCUT2D eigenvalue weighted by molar-refractivity contribution is 6.33. The molecule has 0 radical (unpaired) electrons. The van der Waals surface area contributed by atoms with Crippen LogP contribution in [0.25, 0.3) is 0 Å². The predicted molar refractivity (Wildman–Crippen MR) is 96.7 cm³/mol. The number of hydrogen-bond acceptors (Lipinski definition) is 5. The van der Waals surface area contributed by atoms with E-state index in [1.54, 1.807) is 30.3 Å². The molecule has 0 bridgehead atoms. The number of hydrogen-bond donors (Lipinski definition) is 3. The summed E-state index contributed by atoms with van der Waals surface area (Å²) >= 11 is 5.96. The van der Waals surface area contributed by atoms with Gasteiger partial charge in [-0.05, 0) is 29.8 Å². The zero-order valence-electron chi connectivity index (χ0n) is 14.3. The number of carbonyl (C=O) groups is 3. The Labute approximate surface area is 160 Å². The number of aliphatic carboxylic acids is 1. The van der Waals surface area contributed by atoms with E-state index >= 15 is 0 Å². The van der Waals surface area contributed by atoms with Crippen molar-refractivity contribution < 1.29 is 29.1 Å². The Morgan fingerprint density at radius 2 is 1.78 bits per heavy atom. The van der Waals surface area contributed by atoms with Crippen LogP contribution in [0.5, 0.6) is 5.75 Å². The molecule has 2 aromatic carbocycles. The van der Waals surface area contributed by atoms with Gasteiger partial charge in [-0.2, -0.15) is 5.48 Å². The van der Waals surface area contributed by atoms with Gasteiger partial charge in [0.2, 0.25) is 0 Å². The molecular weight excluding hydrogens is 376 g/mol. The number of carbonyl (C=O) groups excluding carboxylic acids is 2. The van der Waals surface area contributed by atoms with Gasteiger partial charge in [0.1, 0.15) is 11.8 Å². The number of ether oxygens (including phenoxy) is 1. The molecule has 0 fully saturated rings. The van der Waals surface area contributed by atoms with Gasteiger partial charge in [0.15, 0.2) is 0 Å². The molecule has 2 rings (SSSR count). The van der Waals surface area contributed by atoms with Crippen molar-refractivity contribution >= 4 is 29.6 Å². The van der Waals surface area contributed by atoms with Crippen LogP contribution in [0.3, 0.4) is 0 Å². The number of hydroxylamine groups is 1. The highest BCUT2D eigenvalue weighted by atomic mass is 35.5. The third-order valence-corrected chi connectivity index (χ3v) is 3.81. The minimum absolute atomic E-state index is 0.0378. The van der Waals surface area contributed by atoms with Gasteiger partial charge in [0.25, 0.3) is 5.91 Å². The Kier molecular flexibility index (Phi) is 7.16. The van der Waals surface area contributed by atoms with Crippen LogP contribution in [0.4, 0.5) is 4.79 Å². The first-order valence-corrected chi connectivity index (χ1v) is 8.16. The maximum atomic E-state index is 12.3. The highest BCUT2D eigenvalue weighted by Crippen LogP contribution is 2.16. The lowest BCUT2D eigenvalue weighted by Gasteiger charge is -2.15. The second kappa shape index (κ2) is 9.56. The number of nitrogens with one attached hydrogen (secondary N) is 2. The molecule has 0 spiro atoms. The lowest BCUT2D eigenvalue weighted by molar-refractivity contribution is -0.139. The Hall–Kier alpha value is -3.10. The zero-order valence-corrected chi connectivity index (χ0v) is 15.0. The van der Waals surface area contributed by atoms with E-state index < -0.39 is 24.0 Å². The van der Waals surface area contributed by atoms with Gasteiger partial charge in [-0.15, -0.1) is 0 Å². The molecule has 27 heavy (non-hydrogen) atoms. The summed E-state index contributed by atoms with van der Waals surface area (Å²) in [6.07, 6.45) is -0.753. The third-order valence-electron chi connectivity index (χ3n) is 3.48. The second-order valence-electron chi connectivity index (χ2n) is 5.39. The molecule has 142 valence electrons. The van der Waals surface area contributed by atoms with E-state index in [0.717, 1.165) is 0 Å². The molecule has 2 amide bonds. The van der Waals surface area contributed by atoms with Crippen LogP contribution >= 0.6 is 11.6 Å². The van der Waals surface area contributed by atoms with Crippen molar-refractivity contribution in [3.63, 3.8) is 0 Å². The number of benzene rings is 2. The van der Waals surface area contributed by atoms with Gasteiger partial charge >= 0.3 is 12.1 Å². The smallest absolute Gasteiger partial charge is 0.436 e. The first kappa shape index (κ1) is 20.2. The number of amides is 2. The van der Waals surface area contributed by atoms with Crippen LogP contribution in [0.2, 0.25) is 5.02 Å². The van der Waals surface area contributed by atoms with Gasteiger partial charge in [0.05, 0.1) is 17.7 Å². The quantitative estimate of drug-likeness (QED) is 0.623. The SMILES string of the molecule is CONC(=O)Oc1ccc(C[C@H](NC(=O)c2ccccc2Cl)C(=O)O)cc1. The summed E-state index contributed by atoms with van der Waals surface area (Å²) in [6, 6.07) is 11.4. The molecule has 0 saturated carbocycles. The summed E-state index contributed by atoms with van der Waals surface area (Å²) in [7, 11) is 1.27. The molecule has 0 unspecified atom stereocenters. The largest absolute Gasteiger partial charge is 0.480 e. The first-order chi connectivity index (χ1) is 12.9. The Morgan fingerprint density at radius 3 is 2.37 bits per heavy atom. The molecule has 2 aromatic rings. The minimum Gasteiger partial charge on any atom is -0.480 e. The van der Waals surface area contributed by atoms with E-state index in [-0.39, 0.29) is 22.8 Å². The molecule has 0 aliphatic rings. The van der Waals surface area contributed by atoms with Crippen LogP contribution in [0.15, 0.2) is 48.5 Å². The zero-order chi connectivity index (χ0) is 19.8. The molecule has 0 aliphatic carbocycles. The molecule has 0 heterocycles. The minimum atomic E-state index is -1.18. The lowest BCUT2D eigenvalue weighted by Crippen LogP contribution is -2.42. The fraction of sp³-hybridized carbons (Fsp3) is 0.167. The Bertz CT molecular complexity index is 825. The summed E-state index contributed by atoms with van der Waals surface area (Å²) in [5, 5.41) is 12.1. The molecule has 9 heteroatoms. The standard InChI is InChI=1S/C18H17ClN2O6/c1-26-21-18(25)27-12-8-6-11(7-9-12)10-15(17(23)24)20-16(22)13-4-2-3-5-14(13)19/h2-9,15H,10H2,1H3,(H,20,22)(H,21,25)(H,23,24)/t15-/m0/s1. The molecule has 0 aromatic heterocycles. The summed E-state index contributed by atoms with van der Waals surface area (Å²) in [4.78, 5) is 39.4. The van der Waals surface area contributed by atoms with E-state index in [9.17, 15) is 19.5 Å². The Balaban J connectivity index is 2.03. The highest BCUT2D eigenvalue weighted by Gasteiger charge is 2.22. The first-order valence-electron chi connectivity index (χ1n) is 7.78. The number of rotatable bonds is 7. The fourth-order valence-electron chi connectivity index (χ4n) is 2.22. The van der Waals surface area contributed by atoms with Crippen molar-refractivity contribution in [2.45, 2.75) is 12.5 Å². The Morgan fingerprint density at radius 1 is 1.11 bits per heavy atom. The lowest BCUT2D eigenvalue weighted by atomic mass is 10.1. The van der Waals surface area contributed by atoms with Crippen molar-refractivity contribution in [2.75, 3.05) is 7.11 Å². The maximum absolute atomic E-state index is 12.3. The number of carboxylic acids is 1. The summed E-state index contributed by atoms with van der Waals surface area (Å²) < 4.78 is 4.92. The van der Waals surface area contributed by atoms with Crippen LogP contribution in [0, 0.1) is 0 Å². The molecule has 3 N–H and O–H groups in total. The van der Waals surface area contributed by atoms with Gasteiger partial charge in [0, 0.05) is 6.42 Å². The van der Waals surface area contributed by atoms with Crippen molar-refractivity contribution in [2.24, 2.45) is 0 Å². The summed E-state index contributed by atoms with van der Waals surface area (Å²) in [5.74, 6) is -1.51. The molecule has 0 aliphatic heterocycles. The summed E-state index contributed by atoms with van der Waals surface area (Å²) in [5.41, 5.74) is 2.82. The number of carboxylic acid groups (broad SMARTS) is 1. The van der Waals surface area contributed by atoms with Crippen molar-refractivity contribution in [3.05, 3.63) is 64.7 Å². The van der Waals surface area contributed by atoms with Crippen molar-refractivity contribution in [3.8, 4) is 5.75 Å². The maximum Gasteiger partial charge on any atom is 0.436 e. The predicted octanol–water partition coefficient (Wildman–Crippen LogP) is 2.42. The van der Waals surface area contributed by atoms with Gasteiger partial charge < -0.3 is 15.2 Å². The van der Waals surface area contributed by atoms with Crippen LogP contribution in [-0.2, 0) is 16.1 Å². The average Bonchev–Trinajstić information content (AvgIpc) is 2.63. The topological polar surface area (TPSA) is 114 Å². The second-order valence-corrected chi connectivity index (χ2v) is 5.80. The molecule has 8 nitrogen and oxygen atoms in total.